The summed E-state index contributed by atoms with van der Waals surface area (Å²) in [6.07, 6.45) is 0.891. The molecular formula is C12H12ClFN2S. The second-order valence-electron chi connectivity index (χ2n) is 3.64. The highest BCUT2D eigenvalue weighted by Crippen LogP contribution is 2.16. The molecule has 0 bridgehead atoms. The summed E-state index contributed by atoms with van der Waals surface area (Å²) in [5, 5.41) is 5.76. The summed E-state index contributed by atoms with van der Waals surface area (Å²) < 4.78 is 12.8. The third kappa shape index (κ3) is 3.77. The van der Waals surface area contributed by atoms with Crippen LogP contribution in [-0.2, 0) is 13.0 Å². The van der Waals surface area contributed by atoms with Gasteiger partial charge in [-0.25, -0.2) is 9.37 Å². The zero-order valence-electron chi connectivity index (χ0n) is 9.12. The molecule has 17 heavy (non-hydrogen) atoms. The molecule has 90 valence electrons. The normalized spacial score (nSPS) is 10.7. The number of nitrogens with one attached hydrogen (secondary N) is 1. The first-order chi connectivity index (χ1) is 8.25. The minimum absolute atomic E-state index is 0.304. The SMILES string of the molecule is Fc1ccc(CNCCc2cscn2)c(Cl)c1. The van der Waals surface area contributed by atoms with E-state index in [-0.39, 0.29) is 5.82 Å². The van der Waals surface area contributed by atoms with Gasteiger partial charge in [0.05, 0.1) is 11.2 Å². The molecule has 0 saturated heterocycles. The van der Waals surface area contributed by atoms with Gasteiger partial charge in [0.2, 0.25) is 0 Å². The fourth-order valence-electron chi connectivity index (χ4n) is 1.47. The predicted octanol–water partition coefficient (Wildman–Crippen LogP) is 3.27. The van der Waals surface area contributed by atoms with Gasteiger partial charge in [0.1, 0.15) is 5.82 Å². The fraction of sp³-hybridized carbons (Fsp3) is 0.250. The molecule has 0 spiro atoms. The summed E-state index contributed by atoms with van der Waals surface area (Å²) in [6.45, 7) is 1.47. The van der Waals surface area contributed by atoms with E-state index >= 15 is 0 Å². The third-order valence-electron chi connectivity index (χ3n) is 2.37. The molecule has 0 saturated carbocycles. The van der Waals surface area contributed by atoms with Gasteiger partial charge in [-0.15, -0.1) is 11.3 Å². The zero-order chi connectivity index (χ0) is 12.1. The second-order valence-corrected chi connectivity index (χ2v) is 4.77. The van der Waals surface area contributed by atoms with Crippen molar-refractivity contribution in [1.29, 1.82) is 0 Å². The van der Waals surface area contributed by atoms with E-state index in [1.807, 2.05) is 10.9 Å². The summed E-state index contributed by atoms with van der Waals surface area (Å²) >= 11 is 7.51. The molecule has 0 unspecified atom stereocenters. The van der Waals surface area contributed by atoms with Crippen LogP contribution in [0.2, 0.25) is 5.02 Å². The van der Waals surface area contributed by atoms with Gasteiger partial charge >= 0.3 is 0 Å². The minimum Gasteiger partial charge on any atom is -0.312 e. The molecule has 0 aliphatic rings. The van der Waals surface area contributed by atoms with E-state index in [1.165, 1.54) is 12.1 Å². The zero-order valence-corrected chi connectivity index (χ0v) is 10.7. The van der Waals surface area contributed by atoms with Crippen LogP contribution in [0.25, 0.3) is 0 Å². The molecule has 1 aromatic heterocycles. The van der Waals surface area contributed by atoms with Crippen molar-refractivity contribution < 1.29 is 4.39 Å². The van der Waals surface area contributed by atoms with E-state index in [0.717, 1.165) is 24.2 Å². The summed E-state index contributed by atoms with van der Waals surface area (Å²) in [7, 11) is 0. The maximum Gasteiger partial charge on any atom is 0.124 e. The number of halogens is 2. The van der Waals surface area contributed by atoms with Crippen molar-refractivity contribution in [1.82, 2.24) is 10.3 Å². The Bertz CT molecular complexity index is 473. The summed E-state index contributed by atoms with van der Waals surface area (Å²) in [4.78, 5) is 4.19. The van der Waals surface area contributed by atoms with E-state index in [0.29, 0.717) is 11.6 Å². The quantitative estimate of drug-likeness (QED) is 0.844. The highest BCUT2D eigenvalue weighted by molar-refractivity contribution is 7.07. The standard InChI is InChI=1S/C12H12ClFN2S/c13-12-5-10(14)2-1-9(12)6-15-4-3-11-7-17-8-16-11/h1-2,5,7-8,15H,3-4,6H2. The third-order valence-corrected chi connectivity index (χ3v) is 3.36. The topological polar surface area (TPSA) is 24.9 Å². The average molecular weight is 271 g/mol. The van der Waals surface area contributed by atoms with Crippen molar-refractivity contribution in [2.75, 3.05) is 6.54 Å². The van der Waals surface area contributed by atoms with Crippen molar-refractivity contribution in [3.8, 4) is 0 Å². The van der Waals surface area contributed by atoms with E-state index in [4.69, 9.17) is 11.6 Å². The maximum atomic E-state index is 12.8. The van der Waals surface area contributed by atoms with Crippen molar-refractivity contribution in [2.45, 2.75) is 13.0 Å². The Hall–Kier alpha value is -0.970. The molecule has 5 heteroatoms. The molecule has 1 heterocycles. The molecule has 2 aromatic rings. The van der Waals surface area contributed by atoms with Gasteiger partial charge in [-0.2, -0.15) is 0 Å². The Labute approximate surface area is 108 Å². The number of hydrogen-bond donors (Lipinski definition) is 1. The Morgan fingerprint density at radius 1 is 1.41 bits per heavy atom. The lowest BCUT2D eigenvalue weighted by atomic mass is 10.2. The van der Waals surface area contributed by atoms with Crippen LogP contribution in [0.5, 0.6) is 0 Å². The number of benzene rings is 1. The van der Waals surface area contributed by atoms with E-state index < -0.39 is 0 Å². The highest BCUT2D eigenvalue weighted by atomic mass is 35.5. The van der Waals surface area contributed by atoms with Crippen LogP contribution in [-0.4, -0.2) is 11.5 Å². The molecule has 2 nitrogen and oxygen atoms in total. The van der Waals surface area contributed by atoms with Crippen molar-refractivity contribution in [3.05, 3.63) is 51.2 Å². The van der Waals surface area contributed by atoms with Gasteiger partial charge in [-0.1, -0.05) is 17.7 Å². The van der Waals surface area contributed by atoms with Crippen LogP contribution in [0, 0.1) is 5.82 Å². The van der Waals surface area contributed by atoms with E-state index in [1.54, 1.807) is 17.4 Å². The number of nitrogens with zero attached hydrogens (tertiary/aromatic N) is 1. The number of aromatic nitrogens is 1. The lowest BCUT2D eigenvalue weighted by Crippen LogP contribution is -2.17. The van der Waals surface area contributed by atoms with E-state index in [9.17, 15) is 4.39 Å². The molecule has 0 aliphatic carbocycles. The lowest BCUT2D eigenvalue weighted by Gasteiger charge is -2.06. The first-order valence-corrected chi connectivity index (χ1v) is 6.59. The van der Waals surface area contributed by atoms with Crippen LogP contribution in [0.1, 0.15) is 11.3 Å². The molecular weight excluding hydrogens is 259 g/mol. The highest BCUT2D eigenvalue weighted by Gasteiger charge is 2.01. The summed E-state index contributed by atoms with van der Waals surface area (Å²) in [5.41, 5.74) is 3.82. The monoisotopic (exact) mass is 270 g/mol. The van der Waals surface area contributed by atoms with Crippen LogP contribution >= 0.6 is 22.9 Å². The first-order valence-electron chi connectivity index (χ1n) is 5.27. The van der Waals surface area contributed by atoms with Crippen molar-refractivity contribution in [2.24, 2.45) is 0 Å². The Balaban J connectivity index is 1.78. The fourth-order valence-corrected chi connectivity index (χ4v) is 2.29. The van der Waals surface area contributed by atoms with Crippen LogP contribution < -0.4 is 5.32 Å². The summed E-state index contributed by atoms with van der Waals surface area (Å²) in [5.74, 6) is -0.304. The molecule has 0 aliphatic heterocycles. The lowest BCUT2D eigenvalue weighted by molar-refractivity contribution is 0.625. The van der Waals surface area contributed by atoms with Crippen LogP contribution in [0.3, 0.4) is 0 Å². The maximum absolute atomic E-state index is 12.8. The Kier molecular flexibility index (Phi) is 4.48. The molecule has 1 aromatic carbocycles. The minimum atomic E-state index is -0.304. The first kappa shape index (κ1) is 12.5. The molecule has 0 radical (unpaired) electrons. The van der Waals surface area contributed by atoms with Crippen molar-refractivity contribution in [3.63, 3.8) is 0 Å². The summed E-state index contributed by atoms with van der Waals surface area (Å²) in [6, 6.07) is 4.45. The molecule has 0 fully saturated rings. The molecule has 2 rings (SSSR count). The van der Waals surface area contributed by atoms with Gasteiger partial charge in [0, 0.05) is 29.9 Å². The smallest absolute Gasteiger partial charge is 0.124 e. The Morgan fingerprint density at radius 2 is 2.29 bits per heavy atom. The van der Waals surface area contributed by atoms with Gasteiger partial charge in [0.15, 0.2) is 0 Å². The number of thiazole rings is 1. The van der Waals surface area contributed by atoms with Crippen LogP contribution in [0.4, 0.5) is 4.39 Å². The largest absolute Gasteiger partial charge is 0.312 e. The van der Waals surface area contributed by atoms with E-state index in [2.05, 4.69) is 10.3 Å². The second kappa shape index (κ2) is 6.10. The number of hydrogen-bond acceptors (Lipinski definition) is 3. The predicted molar refractivity (Wildman–Crippen MR) is 68.9 cm³/mol. The Morgan fingerprint density at radius 3 is 3.00 bits per heavy atom. The molecule has 0 atom stereocenters. The van der Waals surface area contributed by atoms with Crippen LogP contribution in [0.15, 0.2) is 29.1 Å². The van der Waals surface area contributed by atoms with Gasteiger partial charge in [0.25, 0.3) is 0 Å². The van der Waals surface area contributed by atoms with Gasteiger partial charge in [-0.05, 0) is 17.7 Å². The van der Waals surface area contributed by atoms with Gasteiger partial charge < -0.3 is 5.32 Å². The average Bonchev–Trinajstić information content (AvgIpc) is 2.79. The van der Waals surface area contributed by atoms with Crippen molar-refractivity contribution >= 4 is 22.9 Å². The molecule has 1 N–H and O–H groups in total. The molecule has 0 amide bonds. The van der Waals surface area contributed by atoms with Gasteiger partial charge in [-0.3, -0.25) is 0 Å². The number of rotatable bonds is 5.